The van der Waals surface area contributed by atoms with Crippen molar-refractivity contribution in [2.24, 2.45) is 11.3 Å². The van der Waals surface area contributed by atoms with Crippen molar-refractivity contribution in [3.8, 4) is 0 Å². The van der Waals surface area contributed by atoms with Gasteiger partial charge in [-0.15, -0.1) is 11.6 Å². The third-order valence-corrected chi connectivity index (χ3v) is 5.64. The number of benzene rings is 1. The number of aromatic nitrogens is 1. The lowest BCUT2D eigenvalue weighted by atomic mass is 9.70. The summed E-state index contributed by atoms with van der Waals surface area (Å²) in [6.45, 7) is 7.57. The molecule has 0 saturated carbocycles. The van der Waals surface area contributed by atoms with Gasteiger partial charge in [0.1, 0.15) is 0 Å². The Bertz CT molecular complexity index is 881. The van der Waals surface area contributed by atoms with Crippen LogP contribution in [0, 0.1) is 19.3 Å². The van der Waals surface area contributed by atoms with Crippen molar-refractivity contribution < 1.29 is 9.53 Å². The average Bonchev–Trinajstić information content (AvgIpc) is 2.65. The predicted molar refractivity (Wildman–Crippen MR) is 114 cm³/mol. The van der Waals surface area contributed by atoms with E-state index in [1.54, 1.807) is 13.2 Å². The van der Waals surface area contributed by atoms with Crippen molar-refractivity contribution in [2.45, 2.75) is 39.5 Å². The summed E-state index contributed by atoms with van der Waals surface area (Å²) in [5.74, 6) is 5.59. The normalized spacial score (nSPS) is 12.6. The Kier molecular flexibility index (Phi) is 6.57. The van der Waals surface area contributed by atoms with Crippen LogP contribution in [-0.4, -0.2) is 25.1 Å². The molecule has 4 N–H and O–H groups in total. The molecule has 0 saturated heterocycles. The number of hydrogen-bond acceptors (Lipinski definition) is 6. The fraction of sp³-hybridized carbons (Fsp3) is 0.429. The molecule has 28 heavy (non-hydrogen) atoms. The predicted octanol–water partition coefficient (Wildman–Crippen LogP) is 3.66. The number of hydrazine groups is 1. The fourth-order valence-corrected chi connectivity index (χ4v) is 3.88. The summed E-state index contributed by atoms with van der Waals surface area (Å²) in [5.41, 5.74) is 11.3. The largest absolute Gasteiger partial charge is 0.469 e. The van der Waals surface area contributed by atoms with Gasteiger partial charge < -0.3 is 15.5 Å². The standard InChI is InChI=1S/C21H29ClN4O2/c1-12-16(7-8-17(19(12)23)26(5)24)18(21(3,4)20(27)28-6)15-9-14(10-22)13(2)25-11-15/h7-9,11,18H,10,23-24H2,1-6H3. The van der Waals surface area contributed by atoms with E-state index in [9.17, 15) is 4.79 Å². The number of nitrogens with zero attached hydrogens (tertiary/aromatic N) is 2. The second kappa shape index (κ2) is 8.37. The van der Waals surface area contributed by atoms with Crippen molar-refractivity contribution in [2.75, 3.05) is 24.9 Å². The second-order valence-corrected chi connectivity index (χ2v) is 7.88. The minimum absolute atomic E-state index is 0.316. The highest BCUT2D eigenvalue weighted by atomic mass is 35.5. The minimum Gasteiger partial charge on any atom is -0.469 e. The first kappa shape index (κ1) is 22.0. The SMILES string of the molecule is COC(=O)C(C)(C)C(c1cnc(C)c(CCl)c1)c1ccc(N(C)N)c(N)c1C. The van der Waals surface area contributed by atoms with Gasteiger partial charge in [-0.2, -0.15) is 0 Å². The van der Waals surface area contributed by atoms with E-state index in [1.807, 2.05) is 45.9 Å². The maximum absolute atomic E-state index is 12.7. The summed E-state index contributed by atoms with van der Waals surface area (Å²) in [6.07, 6.45) is 1.79. The zero-order valence-corrected chi connectivity index (χ0v) is 18.1. The van der Waals surface area contributed by atoms with Crippen LogP contribution >= 0.6 is 11.6 Å². The molecule has 152 valence electrons. The van der Waals surface area contributed by atoms with Crippen LogP contribution in [0.15, 0.2) is 24.4 Å². The van der Waals surface area contributed by atoms with Crippen LogP contribution in [0.25, 0.3) is 0 Å². The molecule has 0 aliphatic rings. The molecule has 7 heteroatoms. The van der Waals surface area contributed by atoms with Gasteiger partial charge in [0.05, 0.1) is 23.9 Å². The third-order valence-electron chi connectivity index (χ3n) is 5.35. The number of aryl methyl sites for hydroxylation is 1. The molecule has 0 fully saturated rings. The zero-order chi connectivity index (χ0) is 21.2. The summed E-state index contributed by atoms with van der Waals surface area (Å²) in [4.78, 5) is 17.2. The lowest BCUT2D eigenvalue weighted by Gasteiger charge is -2.34. The molecule has 6 nitrogen and oxygen atoms in total. The Hall–Kier alpha value is -2.31. The first-order valence-corrected chi connectivity index (χ1v) is 9.56. The van der Waals surface area contributed by atoms with Gasteiger partial charge in [0.15, 0.2) is 0 Å². The van der Waals surface area contributed by atoms with Crippen LogP contribution in [0.4, 0.5) is 11.4 Å². The number of halogens is 1. The van der Waals surface area contributed by atoms with Crippen molar-refractivity contribution in [1.82, 2.24) is 4.98 Å². The van der Waals surface area contributed by atoms with Gasteiger partial charge in [0, 0.05) is 30.7 Å². The smallest absolute Gasteiger partial charge is 0.312 e. The van der Waals surface area contributed by atoms with E-state index in [2.05, 4.69) is 4.98 Å². The van der Waals surface area contributed by atoms with E-state index in [-0.39, 0.29) is 11.9 Å². The molecule has 0 amide bonds. The van der Waals surface area contributed by atoms with Crippen molar-refractivity contribution in [3.05, 3.63) is 52.3 Å². The van der Waals surface area contributed by atoms with Crippen LogP contribution in [0.1, 0.15) is 47.7 Å². The number of nitrogens with two attached hydrogens (primary N) is 2. The Labute approximate surface area is 171 Å². The number of hydrogen-bond donors (Lipinski definition) is 2. The number of carbonyl (C=O) groups excluding carboxylic acids is 1. The topological polar surface area (TPSA) is 94.5 Å². The highest BCUT2D eigenvalue weighted by Gasteiger charge is 2.41. The Morgan fingerprint density at radius 2 is 2.00 bits per heavy atom. The number of pyridine rings is 1. The summed E-state index contributed by atoms with van der Waals surface area (Å²) < 4.78 is 5.11. The number of nitrogen functional groups attached to an aromatic ring is 1. The second-order valence-electron chi connectivity index (χ2n) is 7.62. The summed E-state index contributed by atoms with van der Waals surface area (Å²) in [6, 6.07) is 5.82. The molecular formula is C21H29ClN4O2. The number of rotatable bonds is 6. The molecule has 1 aromatic heterocycles. The molecule has 0 aliphatic carbocycles. The van der Waals surface area contributed by atoms with Gasteiger partial charge in [0.25, 0.3) is 0 Å². The highest BCUT2D eigenvalue weighted by Crippen LogP contribution is 2.45. The fourth-order valence-electron chi connectivity index (χ4n) is 3.61. The summed E-state index contributed by atoms with van der Waals surface area (Å²) in [7, 11) is 3.13. The van der Waals surface area contributed by atoms with Crippen LogP contribution in [0.3, 0.4) is 0 Å². The lowest BCUT2D eigenvalue weighted by molar-refractivity contribution is -0.151. The number of esters is 1. The van der Waals surface area contributed by atoms with Gasteiger partial charge >= 0.3 is 5.97 Å². The van der Waals surface area contributed by atoms with Crippen molar-refractivity contribution >= 4 is 28.9 Å². The van der Waals surface area contributed by atoms with E-state index in [1.165, 1.54) is 12.1 Å². The molecule has 2 rings (SSSR count). The van der Waals surface area contributed by atoms with Crippen LogP contribution in [0.2, 0.25) is 0 Å². The molecule has 2 aromatic rings. The number of carbonyl (C=O) groups is 1. The third kappa shape index (κ3) is 3.93. The van der Waals surface area contributed by atoms with Crippen LogP contribution in [-0.2, 0) is 15.4 Å². The van der Waals surface area contributed by atoms with E-state index in [0.29, 0.717) is 11.6 Å². The van der Waals surface area contributed by atoms with E-state index in [4.69, 9.17) is 27.9 Å². The van der Waals surface area contributed by atoms with Crippen LogP contribution < -0.4 is 16.6 Å². The van der Waals surface area contributed by atoms with Gasteiger partial charge in [0.2, 0.25) is 0 Å². The Morgan fingerprint density at radius 3 is 2.54 bits per heavy atom. The molecule has 1 aromatic carbocycles. The molecule has 1 atom stereocenters. The van der Waals surface area contributed by atoms with E-state index >= 15 is 0 Å². The maximum Gasteiger partial charge on any atom is 0.312 e. The average molecular weight is 405 g/mol. The highest BCUT2D eigenvalue weighted by molar-refractivity contribution is 6.17. The number of anilines is 2. The molecule has 1 heterocycles. The Morgan fingerprint density at radius 1 is 1.36 bits per heavy atom. The van der Waals surface area contributed by atoms with Gasteiger partial charge in [-0.1, -0.05) is 12.1 Å². The van der Waals surface area contributed by atoms with Crippen LogP contribution in [0.5, 0.6) is 0 Å². The molecule has 0 aliphatic heterocycles. The maximum atomic E-state index is 12.7. The molecule has 0 spiro atoms. The number of alkyl halides is 1. The van der Waals surface area contributed by atoms with E-state index in [0.717, 1.165) is 33.6 Å². The zero-order valence-electron chi connectivity index (χ0n) is 17.3. The summed E-state index contributed by atoms with van der Waals surface area (Å²) >= 11 is 6.10. The first-order chi connectivity index (χ1) is 13.1. The lowest BCUT2D eigenvalue weighted by Crippen LogP contribution is -2.34. The van der Waals surface area contributed by atoms with Crippen molar-refractivity contribution in [1.29, 1.82) is 0 Å². The van der Waals surface area contributed by atoms with Gasteiger partial charge in [-0.25, -0.2) is 5.84 Å². The Balaban J connectivity index is 2.77. The number of methoxy groups -OCH3 is 1. The first-order valence-electron chi connectivity index (χ1n) is 9.03. The minimum atomic E-state index is -0.859. The van der Waals surface area contributed by atoms with Gasteiger partial charge in [-0.3, -0.25) is 9.78 Å². The monoisotopic (exact) mass is 404 g/mol. The molecule has 0 radical (unpaired) electrons. The number of ether oxygens (including phenoxy) is 1. The van der Waals surface area contributed by atoms with Crippen molar-refractivity contribution in [3.63, 3.8) is 0 Å². The molecule has 0 bridgehead atoms. The quantitative estimate of drug-likeness (QED) is 0.251. The summed E-state index contributed by atoms with van der Waals surface area (Å²) in [5, 5.41) is 1.48. The molecular weight excluding hydrogens is 376 g/mol. The van der Waals surface area contributed by atoms with Gasteiger partial charge in [-0.05, 0) is 56.0 Å². The van der Waals surface area contributed by atoms with E-state index < -0.39 is 5.41 Å². The molecule has 1 unspecified atom stereocenters.